The van der Waals surface area contributed by atoms with Gasteiger partial charge in [-0.3, -0.25) is 4.98 Å². The molecule has 2 heterocycles. The molecule has 0 fully saturated rings. The summed E-state index contributed by atoms with van der Waals surface area (Å²) in [5.41, 5.74) is 0.606. The van der Waals surface area contributed by atoms with Crippen molar-refractivity contribution in [3.8, 4) is 17.5 Å². The van der Waals surface area contributed by atoms with Crippen LogP contribution in [0.15, 0.2) is 18.3 Å². The largest absolute Gasteiger partial charge is 0.460 e. The Morgan fingerprint density at radius 1 is 1.43 bits per heavy atom. The lowest BCUT2D eigenvalue weighted by atomic mass is 10.3. The number of halogens is 1. The van der Waals surface area contributed by atoms with E-state index in [1.807, 2.05) is 0 Å². The Morgan fingerprint density at radius 3 is 2.81 bits per heavy atom. The molecule has 0 amide bonds. The van der Waals surface area contributed by atoms with Gasteiger partial charge in [-0.25, -0.2) is 9.48 Å². The Bertz CT molecular complexity index is 625. The molecule has 0 radical (unpaired) electrons. The van der Waals surface area contributed by atoms with Gasteiger partial charge in [0.05, 0.1) is 11.1 Å². The highest BCUT2D eigenvalue weighted by Crippen LogP contribution is 2.18. The minimum Gasteiger partial charge on any atom is -0.460 e. The number of aryl methyl sites for hydroxylation is 1. The Kier molecular flexibility index (Phi) is 4.74. The third kappa shape index (κ3) is 4.16. The highest BCUT2D eigenvalue weighted by Gasteiger charge is 2.14. The van der Waals surface area contributed by atoms with Gasteiger partial charge in [-0.15, -0.1) is 5.10 Å². The number of pyridine rings is 1. The van der Waals surface area contributed by atoms with Gasteiger partial charge in [-0.1, -0.05) is 11.6 Å². The monoisotopic (exact) mass is 310 g/mol. The third-order valence-electron chi connectivity index (χ3n) is 2.39. The zero-order chi connectivity index (χ0) is 15.4. The van der Waals surface area contributed by atoms with E-state index in [-0.39, 0.29) is 18.7 Å². The van der Waals surface area contributed by atoms with Gasteiger partial charge in [0, 0.05) is 13.2 Å². The van der Waals surface area contributed by atoms with Gasteiger partial charge in [0.15, 0.2) is 12.4 Å². The third-order valence-corrected chi connectivity index (χ3v) is 2.61. The summed E-state index contributed by atoms with van der Waals surface area (Å²) < 4.78 is 11.7. The zero-order valence-corrected chi connectivity index (χ0v) is 12.7. The van der Waals surface area contributed by atoms with Crippen LogP contribution in [0.1, 0.15) is 13.8 Å². The maximum atomic E-state index is 11.4. The van der Waals surface area contributed by atoms with Crippen LogP contribution in [0.4, 0.5) is 0 Å². The van der Waals surface area contributed by atoms with E-state index in [0.29, 0.717) is 16.5 Å². The van der Waals surface area contributed by atoms with Crippen molar-refractivity contribution in [2.45, 2.75) is 20.0 Å². The van der Waals surface area contributed by atoms with Crippen molar-refractivity contribution in [1.82, 2.24) is 19.7 Å². The molecule has 0 aliphatic heterocycles. The number of nitrogens with zero attached hydrogens (tertiary/aromatic N) is 4. The smallest absolute Gasteiger partial charge is 0.344 e. The average molecular weight is 311 g/mol. The van der Waals surface area contributed by atoms with Crippen LogP contribution in [0.25, 0.3) is 11.5 Å². The summed E-state index contributed by atoms with van der Waals surface area (Å²) in [4.78, 5) is 19.7. The van der Waals surface area contributed by atoms with Crippen LogP contribution in [0.2, 0.25) is 5.02 Å². The van der Waals surface area contributed by atoms with Crippen LogP contribution in [0.5, 0.6) is 6.01 Å². The lowest BCUT2D eigenvalue weighted by Gasteiger charge is -2.06. The normalized spacial score (nSPS) is 10.7. The molecule has 0 aliphatic rings. The molecule has 0 N–H and O–H groups in total. The van der Waals surface area contributed by atoms with E-state index in [1.54, 1.807) is 33.0 Å². The maximum Gasteiger partial charge on any atom is 0.344 e. The minimum atomic E-state index is -0.469. The molecule has 0 bridgehead atoms. The summed E-state index contributed by atoms with van der Waals surface area (Å²) in [7, 11) is 1.71. The SMILES string of the molecule is CC(C)OC(=O)COc1nc(-c2ccc(Cl)cn2)n(C)n1. The van der Waals surface area contributed by atoms with E-state index in [0.717, 1.165) is 0 Å². The van der Waals surface area contributed by atoms with Gasteiger partial charge in [-0.05, 0) is 26.0 Å². The lowest BCUT2D eigenvalue weighted by Crippen LogP contribution is -2.19. The Balaban J connectivity index is 2.05. The highest BCUT2D eigenvalue weighted by molar-refractivity contribution is 6.30. The number of rotatable bonds is 5. The van der Waals surface area contributed by atoms with E-state index in [2.05, 4.69) is 15.1 Å². The van der Waals surface area contributed by atoms with Gasteiger partial charge in [-0.2, -0.15) is 4.98 Å². The van der Waals surface area contributed by atoms with Gasteiger partial charge >= 0.3 is 12.0 Å². The second-order valence-corrected chi connectivity index (χ2v) is 4.97. The second-order valence-electron chi connectivity index (χ2n) is 4.53. The van der Waals surface area contributed by atoms with Crippen molar-refractivity contribution in [2.24, 2.45) is 7.05 Å². The van der Waals surface area contributed by atoms with Crippen molar-refractivity contribution < 1.29 is 14.3 Å². The molecule has 7 nitrogen and oxygen atoms in total. The van der Waals surface area contributed by atoms with Crippen LogP contribution in [0.3, 0.4) is 0 Å². The fourth-order valence-corrected chi connectivity index (χ4v) is 1.69. The minimum absolute atomic E-state index is 0.0879. The van der Waals surface area contributed by atoms with E-state index >= 15 is 0 Å². The van der Waals surface area contributed by atoms with Crippen molar-refractivity contribution in [3.63, 3.8) is 0 Å². The molecule has 0 unspecified atom stereocenters. The first-order chi connectivity index (χ1) is 9.95. The van der Waals surface area contributed by atoms with Crippen LogP contribution in [-0.4, -0.2) is 38.4 Å². The molecule has 0 aliphatic carbocycles. The molecule has 0 spiro atoms. The van der Waals surface area contributed by atoms with Crippen molar-refractivity contribution in [2.75, 3.05) is 6.61 Å². The van der Waals surface area contributed by atoms with Gasteiger partial charge in [0.2, 0.25) is 0 Å². The molecule has 0 saturated heterocycles. The summed E-state index contributed by atoms with van der Waals surface area (Å²) in [6, 6.07) is 3.52. The highest BCUT2D eigenvalue weighted by atomic mass is 35.5. The van der Waals surface area contributed by atoms with Gasteiger partial charge < -0.3 is 9.47 Å². The first-order valence-corrected chi connectivity index (χ1v) is 6.68. The number of aromatic nitrogens is 4. The first kappa shape index (κ1) is 15.2. The Hall–Kier alpha value is -2.15. The number of hydrogen-bond donors (Lipinski definition) is 0. The van der Waals surface area contributed by atoms with Crippen LogP contribution in [-0.2, 0) is 16.6 Å². The summed E-state index contributed by atoms with van der Waals surface area (Å²) >= 11 is 5.79. The fraction of sp³-hybridized carbons (Fsp3) is 0.385. The summed E-state index contributed by atoms with van der Waals surface area (Å²) in [5.74, 6) is 0.0440. The van der Waals surface area contributed by atoms with E-state index in [4.69, 9.17) is 21.1 Å². The summed E-state index contributed by atoms with van der Waals surface area (Å²) in [6.07, 6.45) is 1.33. The summed E-state index contributed by atoms with van der Waals surface area (Å²) in [5, 5.41) is 4.60. The standard InChI is InChI=1S/C13H15ClN4O3/c1-8(2)21-11(19)7-20-13-16-12(18(3)17-13)10-5-4-9(14)6-15-10/h4-6,8H,7H2,1-3H3. The van der Waals surface area contributed by atoms with E-state index in [9.17, 15) is 4.79 Å². The molecule has 21 heavy (non-hydrogen) atoms. The molecule has 2 aromatic rings. The number of carbonyl (C=O) groups excluding carboxylic acids is 1. The number of esters is 1. The quantitative estimate of drug-likeness (QED) is 0.784. The molecular weight excluding hydrogens is 296 g/mol. The molecule has 2 aromatic heterocycles. The molecule has 0 saturated carbocycles. The number of carbonyl (C=O) groups is 1. The zero-order valence-electron chi connectivity index (χ0n) is 11.9. The molecule has 8 heteroatoms. The Morgan fingerprint density at radius 2 is 2.19 bits per heavy atom. The summed E-state index contributed by atoms with van der Waals surface area (Å²) in [6.45, 7) is 3.29. The fourth-order valence-electron chi connectivity index (χ4n) is 1.57. The molecule has 0 atom stereocenters. The lowest BCUT2D eigenvalue weighted by molar-refractivity contribution is -0.149. The average Bonchev–Trinajstić information content (AvgIpc) is 2.78. The predicted molar refractivity (Wildman–Crippen MR) is 76.0 cm³/mol. The molecule has 0 aromatic carbocycles. The Labute approximate surface area is 126 Å². The number of ether oxygens (including phenoxy) is 2. The van der Waals surface area contributed by atoms with Gasteiger partial charge in [0.25, 0.3) is 0 Å². The van der Waals surface area contributed by atoms with Crippen molar-refractivity contribution >= 4 is 17.6 Å². The number of hydrogen-bond acceptors (Lipinski definition) is 6. The predicted octanol–water partition coefficient (Wildman–Crippen LogP) is 1.86. The molecular formula is C13H15ClN4O3. The second kappa shape index (κ2) is 6.53. The van der Waals surface area contributed by atoms with Crippen LogP contribution in [0, 0.1) is 0 Å². The van der Waals surface area contributed by atoms with E-state index < -0.39 is 5.97 Å². The molecule has 112 valence electrons. The maximum absolute atomic E-state index is 11.4. The van der Waals surface area contributed by atoms with Crippen LogP contribution < -0.4 is 4.74 Å². The topological polar surface area (TPSA) is 79.1 Å². The van der Waals surface area contributed by atoms with Crippen molar-refractivity contribution in [3.05, 3.63) is 23.4 Å². The van der Waals surface area contributed by atoms with E-state index in [1.165, 1.54) is 10.9 Å². The first-order valence-electron chi connectivity index (χ1n) is 6.31. The van der Waals surface area contributed by atoms with Gasteiger partial charge in [0.1, 0.15) is 5.69 Å². The molecule has 2 rings (SSSR count). The van der Waals surface area contributed by atoms with Crippen LogP contribution >= 0.6 is 11.6 Å². The van der Waals surface area contributed by atoms with Crippen molar-refractivity contribution in [1.29, 1.82) is 0 Å².